The molecule has 1 heterocycles. The summed E-state index contributed by atoms with van der Waals surface area (Å²) in [6, 6.07) is 6.04. The first kappa shape index (κ1) is 15.6. The van der Waals surface area contributed by atoms with Crippen LogP contribution in [0.4, 0.5) is 5.69 Å². The molecule has 1 atom stereocenters. The number of nitrogens with zero attached hydrogens (tertiary/aromatic N) is 1. The van der Waals surface area contributed by atoms with E-state index in [9.17, 15) is 5.11 Å². The minimum Gasteiger partial charge on any atom is -0.391 e. The molecule has 3 nitrogen and oxygen atoms in total. The van der Waals surface area contributed by atoms with Crippen LogP contribution < -0.4 is 10.2 Å². The Morgan fingerprint density at radius 3 is 2.95 bits per heavy atom. The van der Waals surface area contributed by atoms with Crippen LogP contribution in [-0.4, -0.2) is 30.8 Å². The smallest absolute Gasteiger partial charge is 0.0715 e. The van der Waals surface area contributed by atoms with E-state index < -0.39 is 0 Å². The summed E-state index contributed by atoms with van der Waals surface area (Å²) in [6.07, 6.45) is 1.74. The number of benzene rings is 1. The van der Waals surface area contributed by atoms with Gasteiger partial charge < -0.3 is 15.3 Å². The zero-order valence-corrected chi connectivity index (χ0v) is 13.2. The second-order valence-corrected chi connectivity index (χ2v) is 6.48. The number of nitrogens with one attached hydrogen (secondary N) is 1. The molecule has 0 aliphatic carbocycles. The Bertz CT molecular complexity index is 436. The topological polar surface area (TPSA) is 35.5 Å². The third kappa shape index (κ3) is 4.37. The molecular weight excluding hydrogens is 272 g/mol. The van der Waals surface area contributed by atoms with E-state index in [1.54, 1.807) is 0 Å². The average Bonchev–Trinajstić information content (AvgIpc) is 2.38. The Balaban J connectivity index is 2.10. The average molecular weight is 297 g/mol. The summed E-state index contributed by atoms with van der Waals surface area (Å²) in [6.45, 7) is 7.95. The van der Waals surface area contributed by atoms with Crippen molar-refractivity contribution in [1.29, 1.82) is 0 Å². The lowest BCUT2D eigenvalue weighted by Crippen LogP contribution is -2.39. The zero-order valence-electron chi connectivity index (χ0n) is 12.4. The summed E-state index contributed by atoms with van der Waals surface area (Å²) in [5.74, 6) is 0.634. The van der Waals surface area contributed by atoms with Crippen LogP contribution in [0.5, 0.6) is 0 Å². The predicted octanol–water partition coefficient (Wildman–Crippen LogP) is 3.05. The molecule has 2 N–H and O–H groups in total. The van der Waals surface area contributed by atoms with Gasteiger partial charge in [-0.25, -0.2) is 0 Å². The number of halogens is 1. The molecule has 1 saturated heterocycles. The Morgan fingerprint density at radius 1 is 1.45 bits per heavy atom. The van der Waals surface area contributed by atoms with Gasteiger partial charge in [0, 0.05) is 30.3 Å². The standard InChI is InChI=1S/C16H25ClN2O/c1-12(2)9-18-10-13-8-14(17)5-6-16(13)19-7-3-4-15(20)11-19/h5-6,8,12,15,18,20H,3-4,7,9-11H2,1-2H3. The lowest BCUT2D eigenvalue weighted by Gasteiger charge is -2.33. The molecule has 1 aromatic carbocycles. The van der Waals surface area contributed by atoms with Gasteiger partial charge in [0.2, 0.25) is 0 Å². The number of piperidine rings is 1. The van der Waals surface area contributed by atoms with Gasteiger partial charge in [0.1, 0.15) is 0 Å². The highest BCUT2D eigenvalue weighted by molar-refractivity contribution is 6.30. The van der Waals surface area contributed by atoms with Crippen LogP contribution in [0.25, 0.3) is 0 Å². The van der Waals surface area contributed by atoms with Crippen LogP contribution in [-0.2, 0) is 6.54 Å². The molecule has 0 spiro atoms. The molecule has 1 aliphatic rings. The van der Waals surface area contributed by atoms with Gasteiger partial charge in [0.15, 0.2) is 0 Å². The van der Waals surface area contributed by atoms with Gasteiger partial charge in [0.25, 0.3) is 0 Å². The minimum atomic E-state index is -0.212. The molecule has 0 saturated carbocycles. The minimum absolute atomic E-state index is 0.212. The molecule has 0 radical (unpaired) electrons. The van der Waals surface area contributed by atoms with Gasteiger partial charge in [-0.05, 0) is 49.1 Å². The van der Waals surface area contributed by atoms with Gasteiger partial charge in [-0.3, -0.25) is 0 Å². The largest absolute Gasteiger partial charge is 0.391 e. The summed E-state index contributed by atoms with van der Waals surface area (Å²) >= 11 is 6.13. The van der Waals surface area contributed by atoms with Crippen LogP contribution in [0, 0.1) is 5.92 Å². The van der Waals surface area contributed by atoms with Crippen molar-refractivity contribution in [2.24, 2.45) is 5.92 Å². The molecule has 0 bridgehead atoms. The van der Waals surface area contributed by atoms with Crippen LogP contribution in [0.2, 0.25) is 5.02 Å². The van der Waals surface area contributed by atoms with E-state index in [0.717, 1.165) is 44.0 Å². The Labute approximate surface area is 126 Å². The molecule has 112 valence electrons. The quantitative estimate of drug-likeness (QED) is 0.877. The Morgan fingerprint density at radius 2 is 2.25 bits per heavy atom. The molecule has 1 fully saturated rings. The third-order valence-corrected chi connectivity index (χ3v) is 3.88. The maximum absolute atomic E-state index is 9.85. The normalized spacial score (nSPS) is 19.6. The van der Waals surface area contributed by atoms with E-state index in [2.05, 4.69) is 30.1 Å². The fourth-order valence-electron chi connectivity index (χ4n) is 2.67. The maximum Gasteiger partial charge on any atom is 0.0715 e. The first-order chi connectivity index (χ1) is 9.56. The Kier molecular flexibility index (Phi) is 5.70. The van der Waals surface area contributed by atoms with Crippen molar-refractivity contribution < 1.29 is 5.11 Å². The van der Waals surface area contributed by atoms with Crippen LogP contribution in [0.15, 0.2) is 18.2 Å². The highest BCUT2D eigenvalue weighted by Crippen LogP contribution is 2.27. The number of anilines is 1. The van der Waals surface area contributed by atoms with Crippen molar-refractivity contribution in [2.45, 2.75) is 39.3 Å². The second-order valence-electron chi connectivity index (χ2n) is 6.04. The monoisotopic (exact) mass is 296 g/mol. The van der Waals surface area contributed by atoms with Gasteiger partial charge >= 0.3 is 0 Å². The van der Waals surface area contributed by atoms with Crippen molar-refractivity contribution >= 4 is 17.3 Å². The van der Waals surface area contributed by atoms with E-state index in [4.69, 9.17) is 11.6 Å². The summed E-state index contributed by atoms with van der Waals surface area (Å²) in [4.78, 5) is 2.27. The first-order valence-electron chi connectivity index (χ1n) is 7.48. The van der Waals surface area contributed by atoms with Crippen molar-refractivity contribution in [2.75, 3.05) is 24.5 Å². The number of hydrogen-bond acceptors (Lipinski definition) is 3. The summed E-state index contributed by atoms with van der Waals surface area (Å²) in [5.41, 5.74) is 2.41. The van der Waals surface area contributed by atoms with Crippen LogP contribution in [0.3, 0.4) is 0 Å². The first-order valence-corrected chi connectivity index (χ1v) is 7.86. The van der Waals surface area contributed by atoms with E-state index in [-0.39, 0.29) is 6.10 Å². The van der Waals surface area contributed by atoms with Gasteiger partial charge in [-0.2, -0.15) is 0 Å². The molecule has 1 aromatic rings. The number of hydrogen-bond donors (Lipinski definition) is 2. The molecule has 20 heavy (non-hydrogen) atoms. The SMILES string of the molecule is CC(C)CNCc1cc(Cl)ccc1N1CCCC(O)C1. The molecule has 0 amide bonds. The summed E-state index contributed by atoms with van der Waals surface area (Å²) in [5, 5.41) is 14.1. The molecule has 0 aromatic heterocycles. The van der Waals surface area contributed by atoms with E-state index >= 15 is 0 Å². The van der Waals surface area contributed by atoms with E-state index in [1.165, 1.54) is 11.3 Å². The molecule has 1 aliphatic heterocycles. The van der Waals surface area contributed by atoms with Gasteiger partial charge in [-0.1, -0.05) is 25.4 Å². The number of β-amino-alcohol motifs (C(OH)–C–C–N with tert-alkyl or cyclic N) is 1. The van der Waals surface area contributed by atoms with Crippen molar-refractivity contribution in [1.82, 2.24) is 5.32 Å². The van der Waals surface area contributed by atoms with Crippen LogP contribution >= 0.6 is 11.6 Å². The number of aliphatic hydroxyl groups excluding tert-OH is 1. The zero-order chi connectivity index (χ0) is 14.5. The summed E-state index contributed by atoms with van der Waals surface area (Å²) in [7, 11) is 0. The van der Waals surface area contributed by atoms with Gasteiger partial charge in [-0.15, -0.1) is 0 Å². The van der Waals surface area contributed by atoms with Crippen molar-refractivity contribution in [3.63, 3.8) is 0 Å². The fourth-order valence-corrected chi connectivity index (χ4v) is 2.87. The fraction of sp³-hybridized carbons (Fsp3) is 0.625. The van der Waals surface area contributed by atoms with E-state index in [0.29, 0.717) is 5.92 Å². The maximum atomic E-state index is 9.85. The lowest BCUT2D eigenvalue weighted by atomic mass is 10.0. The van der Waals surface area contributed by atoms with Crippen molar-refractivity contribution in [3.8, 4) is 0 Å². The number of aliphatic hydroxyl groups is 1. The molecule has 1 unspecified atom stereocenters. The molecule has 4 heteroatoms. The van der Waals surface area contributed by atoms with Crippen LogP contribution in [0.1, 0.15) is 32.3 Å². The molecule has 2 rings (SSSR count). The summed E-state index contributed by atoms with van der Waals surface area (Å²) < 4.78 is 0. The van der Waals surface area contributed by atoms with E-state index in [1.807, 2.05) is 12.1 Å². The highest BCUT2D eigenvalue weighted by Gasteiger charge is 2.20. The lowest BCUT2D eigenvalue weighted by molar-refractivity contribution is 0.154. The van der Waals surface area contributed by atoms with Gasteiger partial charge in [0.05, 0.1) is 6.10 Å². The predicted molar refractivity (Wildman–Crippen MR) is 85.5 cm³/mol. The molecular formula is C16H25ClN2O. The third-order valence-electron chi connectivity index (χ3n) is 3.65. The second kappa shape index (κ2) is 7.30. The Hall–Kier alpha value is -0.770. The number of rotatable bonds is 5. The van der Waals surface area contributed by atoms with Crippen molar-refractivity contribution in [3.05, 3.63) is 28.8 Å². The highest BCUT2D eigenvalue weighted by atomic mass is 35.5.